The molecule has 3 rings (SSSR count). The number of methoxy groups -OCH3 is 1. The van der Waals surface area contributed by atoms with Gasteiger partial charge >= 0.3 is 0 Å². The lowest BCUT2D eigenvalue weighted by atomic mass is 10.2. The summed E-state index contributed by atoms with van der Waals surface area (Å²) >= 11 is 0. The van der Waals surface area contributed by atoms with Crippen LogP contribution in [0, 0.1) is 5.95 Å². The molecule has 2 fully saturated rings. The van der Waals surface area contributed by atoms with Crippen molar-refractivity contribution in [2.45, 2.75) is 31.9 Å². The number of pyridine rings is 1. The quantitative estimate of drug-likeness (QED) is 0.399. The molecule has 1 aromatic rings. The third-order valence-electron chi connectivity index (χ3n) is 4.86. The van der Waals surface area contributed by atoms with Crippen LogP contribution >= 0.6 is 17.0 Å². The number of anilines is 1. The third kappa shape index (κ3) is 6.56. The highest BCUT2D eigenvalue weighted by molar-refractivity contribution is 8.93. The molecule has 0 aliphatic carbocycles. The van der Waals surface area contributed by atoms with Crippen molar-refractivity contribution in [2.24, 2.45) is 4.99 Å². The maximum absolute atomic E-state index is 13.4. The number of nitrogens with one attached hydrogen (secondary N) is 1. The molecule has 9 heteroatoms. The van der Waals surface area contributed by atoms with Gasteiger partial charge in [-0.15, -0.1) is 17.0 Å². The largest absolute Gasteiger partial charge is 0.383 e. The third-order valence-corrected chi connectivity index (χ3v) is 4.86. The van der Waals surface area contributed by atoms with Crippen molar-refractivity contribution in [3.8, 4) is 0 Å². The Kier molecular flexibility index (Phi) is 9.40. The lowest BCUT2D eigenvalue weighted by Gasteiger charge is -2.38. The molecule has 2 atom stereocenters. The molecule has 2 aliphatic heterocycles. The number of aliphatic imine (C=N–C) groups is 1. The van der Waals surface area contributed by atoms with Crippen LogP contribution in [0.1, 0.15) is 19.8 Å². The van der Waals surface area contributed by atoms with Crippen molar-refractivity contribution in [1.29, 1.82) is 0 Å². The highest BCUT2D eigenvalue weighted by atomic mass is 79.9. The number of rotatable bonds is 6. The number of hydrogen-bond acceptors (Lipinski definition) is 5. The molecule has 2 aliphatic rings. The number of aromatic nitrogens is 1. The predicted octanol–water partition coefficient (Wildman–Crippen LogP) is 2.08. The van der Waals surface area contributed by atoms with Crippen LogP contribution in [-0.2, 0) is 9.47 Å². The Bertz CT molecular complexity index is 622. The van der Waals surface area contributed by atoms with Crippen LogP contribution in [0.4, 0.5) is 10.2 Å². The van der Waals surface area contributed by atoms with Gasteiger partial charge in [-0.05, 0) is 31.9 Å². The van der Waals surface area contributed by atoms with Crippen molar-refractivity contribution < 1.29 is 13.9 Å². The van der Waals surface area contributed by atoms with E-state index in [0.717, 1.165) is 51.6 Å². The van der Waals surface area contributed by atoms with E-state index in [2.05, 4.69) is 27.0 Å². The topological polar surface area (TPSA) is 62.2 Å². The molecular formula is C19H31BrFN5O2. The molecule has 28 heavy (non-hydrogen) atoms. The first-order valence-electron chi connectivity index (χ1n) is 9.69. The summed E-state index contributed by atoms with van der Waals surface area (Å²) in [5, 5.41) is 3.48. The maximum atomic E-state index is 13.4. The van der Waals surface area contributed by atoms with Crippen LogP contribution in [0.5, 0.6) is 0 Å². The Hall–Kier alpha value is -1.45. The number of piperazine rings is 1. The van der Waals surface area contributed by atoms with Gasteiger partial charge in [0.1, 0.15) is 5.82 Å². The van der Waals surface area contributed by atoms with Gasteiger partial charge in [-0.2, -0.15) is 4.39 Å². The second-order valence-corrected chi connectivity index (χ2v) is 7.09. The minimum Gasteiger partial charge on any atom is -0.383 e. The Morgan fingerprint density at radius 3 is 2.82 bits per heavy atom. The van der Waals surface area contributed by atoms with Crippen LogP contribution in [-0.4, -0.2) is 81.0 Å². The number of halogens is 2. The van der Waals surface area contributed by atoms with Gasteiger partial charge in [0, 0.05) is 45.9 Å². The Morgan fingerprint density at radius 2 is 2.18 bits per heavy atom. The van der Waals surface area contributed by atoms with Crippen LogP contribution in [0.15, 0.2) is 23.2 Å². The van der Waals surface area contributed by atoms with E-state index in [1.807, 2.05) is 6.07 Å². The fourth-order valence-electron chi connectivity index (χ4n) is 3.45. The summed E-state index contributed by atoms with van der Waals surface area (Å²) in [7, 11) is 1.70. The molecule has 0 bridgehead atoms. The highest BCUT2D eigenvalue weighted by Gasteiger charge is 2.23. The van der Waals surface area contributed by atoms with Gasteiger partial charge in [-0.25, -0.2) is 4.98 Å². The second kappa shape index (κ2) is 11.5. The molecule has 1 aromatic heterocycles. The van der Waals surface area contributed by atoms with Crippen LogP contribution in [0.25, 0.3) is 0 Å². The van der Waals surface area contributed by atoms with Crippen molar-refractivity contribution in [3.63, 3.8) is 0 Å². The SMILES string of the molecule is Br.COCC(C)NC(=NCC1CCCO1)N1CCN(c2cccc(F)n2)CC1. The van der Waals surface area contributed by atoms with Gasteiger partial charge in [0.25, 0.3) is 0 Å². The summed E-state index contributed by atoms with van der Waals surface area (Å²) in [5.41, 5.74) is 0. The van der Waals surface area contributed by atoms with E-state index in [-0.39, 0.29) is 29.1 Å². The van der Waals surface area contributed by atoms with Crippen molar-refractivity contribution >= 4 is 28.8 Å². The lowest BCUT2D eigenvalue weighted by Crippen LogP contribution is -2.54. The molecule has 1 N–H and O–H groups in total. The first-order valence-corrected chi connectivity index (χ1v) is 9.69. The zero-order chi connectivity index (χ0) is 19.1. The monoisotopic (exact) mass is 459 g/mol. The Morgan fingerprint density at radius 1 is 1.39 bits per heavy atom. The minimum atomic E-state index is -0.441. The average molecular weight is 460 g/mol. The van der Waals surface area contributed by atoms with Gasteiger partial charge < -0.3 is 24.6 Å². The predicted molar refractivity (Wildman–Crippen MR) is 114 cm³/mol. The highest BCUT2D eigenvalue weighted by Crippen LogP contribution is 2.15. The van der Waals surface area contributed by atoms with E-state index in [9.17, 15) is 4.39 Å². The summed E-state index contributed by atoms with van der Waals surface area (Å²) in [4.78, 5) is 13.2. The fraction of sp³-hybridized carbons (Fsp3) is 0.684. The molecule has 0 spiro atoms. The van der Waals surface area contributed by atoms with E-state index in [1.165, 1.54) is 6.07 Å². The van der Waals surface area contributed by atoms with Gasteiger partial charge in [0.05, 0.1) is 19.3 Å². The van der Waals surface area contributed by atoms with E-state index in [1.54, 1.807) is 13.2 Å². The average Bonchev–Trinajstić information content (AvgIpc) is 3.19. The number of guanidine groups is 1. The van der Waals surface area contributed by atoms with Crippen LogP contribution in [0.2, 0.25) is 0 Å². The summed E-state index contributed by atoms with van der Waals surface area (Å²) < 4.78 is 24.3. The smallest absolute Gasteiger partial charge is 0.214 e. The molecule has 3 heterocycles. The first-order chi connectivity index (χ1) is 13.2. The van der Waals surface area contributed by atoms with E-state index in [0.29, 0.717) is 19.0 Å². The standard InChI is InChI=1S/C19H30FN5O2.BrH/c1-15(14-26-2)22-19(21-13-16-5-4-12-27-16)25-10-8-24(9-11-25)18-7-3-6-17(20)23-18;/h3,6-7,15-16H,4-5,8-14H2,1-2H3,(H,21,22);1H. The van der Waals surface area contributed by atoms with Crippen molar-refractivity contribution in [2.75, 3.05) is 57.9 Å². The number of hydrogen-bond donors (Lipinski definition) is 1. The maximum Gasteiger partial charge on any atom is 0.214 e. The lowest BCUT2D eigenvalue weighted by molar-refractivity contribution is 0.117. The molecule has 7 nitrogen and oxygen atoms in total. The summed E-state index contributed by atoms with van der Waals surface area (Å²) in [6, 6.07) is 5.09. The molecule has 0 saturated carbocycles. The summed E-state index contributed by atoms with van der Waals surface area (Å²) in [6.07, 6.45) is 2.41. The van der Waals surface area contributed by atoms with Crippen LogP contribution in [0.3, 0.4) is 0 Å². The fourth-order valence-corrected chi connectivity index (χ4v) is 3.45. The second-order valence-electron chi connectivity index (χ2n) is 7.09. The molecule has 2 unspecified atom stereocenters. The molecule has 158 valence electrons. The van der Waals surface area contributed by atoms with Gasteiger partial charge in [-0.3, -0.25) is 4.99 Å². The molecule has 2 saturated heterocycles. The zero-order valence-corrected chi connectivity index (χ0v) is 18.4. The zero-order valence-electron chi connectivity index (χ0n) is 16.6. The molecule has 0 radical (unpaired) electrons. The van der Waals surface area contributed by atoms with Gasteiger partial charge in [0.15, 0.2) is 5.96 Å². The summed E-state index contributed by atoms with van der Waals surface area (Å²) in [5.74, 6) is 1.14. The van der Waals surface area contributed by atoms with E-state index in [4.69, 9.17) is 14.5 Å². The number of nitrogens with zero attached hydrogens (tertiary/aromatic N) is 4. The van der Waals surface area contributed by atoms with Gasteiger partial charge in [0.2, 0.25) is 5.95 Å². The van der Waals surface area contributed by atoms with Gasteiger partial charge in [-0.1, -0.05) is 6.07 Å². The van der Waals surface area contributed by atoms with Crippen molar-refractivity contribution in [1.82, 2.24) is 15.2 Å². The van der Waals surface area contributed by atoms with E-state index < -0.39 is 5.95 Å². The summed E-state index contributed by atoms with van der Waals surface area (Å²) in [6.45, 7) is 7.36. The molecule has 0 aromatic carbocycles. The Balaban J connectivity index is 0.00000280. The molecular weight excluding hydrogens is 429 g/mol. The normalized spacial score (nSPS) is 21.4. The van der Waals surface area contributed by atoms with E-state index >= 15 is 0 Å². The first kappa shape index (κ1) is 22.8. The molecule has 0 amide bonds. The van der Waals surface area contributed by atoms with Crippen molar-refractivity contribution in [3.05, 3.63) is 24.1 Å². The Labute approximate surface area is 177 Å². The number of ether oxygens (including phenoxy) is 2. The van der Waals surface area contributed by atoms with Crippen LogP contribution < -0.4 is 10.2 Å². The minimum absolute atomic E-state index is 0.